The molecule has 2 rings (SSSR count). The minimum atomic E-state index is 0.487. The molecule has 78 valence electrons. The number of hydrogen-bond donors (Lipinski definition) is 1. The third-order valence-corrected chi connectivity index (χ3v) is 4.15. The fraction of sp³-hybridized carbons (Fsp3) is 0. The van der Waals surface area contributed by atoms with E-state index in [1.807, 2.05) is 18.2 Å². The predicted octanol–water partition coefficient (Wildman–Crippen LogP) is 4.96. The molecule has 0 amide bonds. The topological polar surface area (TPSA) is 24.9 Å². The van der Waals surface area contributed by atoms with Crippen LogP contribution < -0.4 is 5.32 Å². The Morgan fingerprint density at radius 2 is 2.13 bits per heavy atom. The molecular formula is C9H5BrCl2N2S. The Balaban J connectivity index is 2.28. The van der Waals surface area contributed by atoms with Gasteiger partial charge in [0.15, 0.2) is 5.13 Å². The van der Waals surface area contributed by atoms with E-state index in [2.05, 4.69) is 26.2 Å². The number of nitrogens with zero attached hydrogens (tertiary/aromatic N) is 1. The maximum Gasteiger partial charge on any atom is 0.188 e. The summed E-state index contributed by atoms with van der Waals surface area (Å²) in [6.07, 6.45) is 0. The van der Waals surface area contributed by atoms with Crippen LogP contribution in [0.2, 0.25) is 10.2 Å². The number of halogens is 3. The number of aromatic nitrogens is 1. The van der Waals surface area contributed by atoms with Gasteiger partial charge in [0, 0.05) is 5.38 Å². The van der Waals surface area contributed by atoms with Crippen LogP contribution in [-0.4, -0.2) is 4.98 Å². The smallest absolute Gasteiger partial charge is 0.188 e. The Labute approximate surface area is 109 Å². The van der Waals surface area contributed by atoms with Crippen molar-refractivity contribution in [3.8, 4) is 0 Å². The van der Waals surface area contributed by atoms with Crippen LogP contribution in [0.1, 0.15) is 0 Å². The monoisotopic (exact) mass is 322 g/mol. The predicted molar refractivity (Wildman–Crippen MR) is 69.6 cm³/mol. The summed E-state index contributed by atoms with van der Waals surface area (Å²) in [6.45, 7) is 0. The lowest BCUT2D eigenvalue weighted by Gasteiger charge is -2.05. The van der Waals surface area contributed by atoms with Crippen molar-refractivity contribution in [1.29, 1.82) is 0 Å². The maximum atomic E-state index is 5.96. The van der Waals surface area contributed by atoms with E-state index in [0.29, 0.717) is 10.2 Å². The zero-order valence-electron chi connectivity index (χ0n) is 7.30. The lowest BCUT2D eigenvalue weighted by atomic mass is 10.3. The molecule has 0 unspecified atom stereocenters. The van der Waals surface area contributed by atoms with Gasteiger partial charge in [-0.25, -0.2) is 4.98 Å². The van der Waals surface area contributed by atoms with E-state index < -0.39 is 0 Å². The standard InChI is InChI=1S/C9H5BrCl2N2S/c10-8-5(11)2-1-3-6(8)13-9-14-7(12)4-15-9/h1-4H,(H,13,14). The first kappa shape index (κ1) is 11.2. The van der Waals surface area contributed by atoms with E-state index in [9.17, 15) is 0 Å². The number of rotatable bonds is 2. The fourth-order valence-corrected chi connectivity index (χ4v) is 2.41. The molecule has 0 bridgehead atoms. The number of anilines is 2. The quantitative estimate of drug-likeness (QED) is 0.845. The van der Waals surface area contributed by atoms with Gasteiger partial charge in [-0.05, 0) is 28.1 Å². The molecule has 15 heavy (non-hydrogen) atoms. The van der Waals surface area contributed by atoms with Crippen LogP contribution in [0.25, 0.3) is 0 Å². The summed E-state index contributed by atoms with van der Waals surface area (Å²) in [5, 5.41) is 6.77. The van der Waals surface area contributed by atoms with E-state index in [4.69, 9.17) is 23.2 Å². The second-order valence-electron chi connectivity index (χ2n) is 2.70. The average Bonchev–Trinajstić information content (AvgIpc) is 2.59. The van der Waals surface area contributed by atoms with E-state index in [1.165, 1.54) is 11.3 Å². The molecule has 0 radical (unpaired) electrons. The minimum absolute atomic E-state index is 0.487. The van der Waals surface area contributed by atoms with Crippen molar-refractivity contribution in [2.75, 3.05) is 5.32 Å². The van der Waals surface area contributed by atoms with Gasteiger partial charge in [0.1, 0.15) is 5.15 Å². The second kappa shape index (κ2) is 4.70. The summed E-state index contributed by atoms with van der Waals surface area (Å²) in [6, 6.07) is 5.58. The summed E-state index contributed by atoms with van der Waals surface area (Å²) in [5.41, 5.74) is 0.869. The van der Waals surface area contributed by atoms with Gasteiger partial charge in [-0.15, -0.1) is 11.3 Å². The van der Waals surface area contributed by atoms with E-state index in [0.717, 1.165) is 15.3 Å². The normalized spacial score (nSPS) is 10.3. The summed E-state index contributed by atoms with van der Waals surface area (Å²) in [5.74, 6) is 0. The van der Waals surface area contributed by atoms with Gasteiger partial charge in [-0.1, -0.05) is 29.3 Å². The Bertz CT molecular complexity index is 487. The highest BCUT2D eigenvalue weighted by atomic mass is 79.9. The number of thiazole rings is 1. The number of benzene rings is 1. The van der Waals surface area contributed by atoms with Crippen molar-refractivity contribution in [3.63, 3.8) is 0 Å². The molecule has 0 aliphatic heterocycles. The molecule has 1 heterocycles. The zero-order valence-corrected chi connectivity index (χ0v) is 11.2. The molecule has 0 aliphatic carbocycles. The summed E-state index contributed by atoms with van der Waals surface area (Å²) < 4.78 is 0.818. The molecule has 1 aromatic heterocycles. The third kappa shape index (κ3) is 2.64. The molecule has 0 aliphatic rings. The average molecular weight is 324 g/mol. The first-order valence-electron chi connectivity index (χ1n) is 3.99. The van der Waals surface area contributed by atoms with Crippen molar-refractivity contribution in [2.24, 2.45) is 0 Å². The summed E-state index contributed by atoms with van der Waals surface area (Å²) in [7, 11) is 0. The Morgan fingerprint density at radius 3 is 2.80 bits per heavy atom. The SMILES string of the molecule is Clc1csc(Nc2cccc(Cl)c2Br)n1. The van der Waals surface area contributed by atoms with E-state index in [-0.39, 0.29) is 0 Å². The van der Waals surface area contributed by atoms with Gasteiger partial charge in [0.25, 0.3) is 0 Å². The van der Waals surface area contributed by atoms with Crippen molar-refractivity contribution < 1.29 is 0 Å². The van der Waals surface area contributed by atoms with Gasteiger partial charge in [0.05, 0.1) is 15.2 Å². The molecule has 6 heteroatoms. The van der Waals surface area contributed by atoms with E-state index in [1.54, 1.807) is 5.38 Å². The van der Waals surface area contributed by atoms with Gasteiger partial charge < -0.3 is 5.32 Å². The Morgan fingerprint density at radius 1 is 1.33 bits per heavy atom. The van der Waals surface area contributed by atoms with Crippen molar-refractivity contribution in [2.45, 2.75) is 0 Å². The van der Waals surface area contributed by atoms with Crippen LogP contribution in [-0.2, 0) is 0 Å². The summed E-state index contributed by atoms with van der Waals surface area (Å²) in [4.78, 5) is 4.09. The highest BCUT2D eigenvalue weighted by molar-refractivity contribution is 9.10. The number of hydrogen-bond acceptors (Lipinski definition) is 3. The van der Waals surface area contributed by atoms with Crippen LogP contribution in [0.15, 0.2) is 28.1 Å². The van der Waals surface area contributed by atoms with Gasteiger partial charge >= 0.3 is 0 Å². The molecule has 1 N–H and O–H groups in total. The van der Waals surface area contributed by atoms with Crippen molar-refractivity contribution >= 4 is 61.3 Å². The lowest BCUT2D eigenvalue weighted by molar-refractivity contribution is 1.39. The molecule has 0 spiro atoms. The molecule has 0 atom stereocenters. The lowest BCUT2D eigenvalue weighted by Crippen LogP contribution is -1.90. The van der Waals surface area contributed by atoms with E-state index >= 15 is 0 Å². The maximum absolute atomic E-state index is 5.96. The Kier molecular flexibility index (Phi) is 3.51. The summed E-state index contributed by atoms with van der Waals surface area (Å²) >= 11 is 16.5. The van der Waals surface area contributed by atoms with Crippen LogP contribution in [0, 0.1) is 0 Å². The molecule has 0 fully saturated rings. The van der Waals surface area contributed by atoms with Crippen LogP contribution in [0.5, 0.6) is 0 Å². The molecule has 0 saturated heterocycles. The first-order chi connectivity index (χ1) is 7.16. The third-order valence-electron chi connectivity index (χ3n) is 1.67. The highest BCUT2D eigenvalue weighted by Gasteiger charge is 2.05. The molecule has 2 aromatic rings. The van der Waals surface area contributed by atoms with Crippen LogP contribution in [0.4, 0.5) is 10.8 Å². The van der Waals surface area contributed by atoms with Crippen molar-refractivity contribution in [1.82, 2.24) is 4.98 Å². The zero-order chi connectivity index (χ0) is 10.8. The minimum Gasteiger partial charge on any atom is -0.330 e. The van der Waals surface area contributed by atoms with Crippen molar-refractivity contribution in [3.05, 3.63) is 38.2 Å². The molecule has 2 nitrogen and oxygen atoms in total. The first-order valence-corrected chi connectivity index (χ1v) is 6.42. The molecule has 0 saturated carbocycles. The van der Waals surface area contributed by atoms with Gasteiger partial charge in [-0.2, -0.15) is 0 Å². The molecular weight excluding hydrogens is 319 g/mol. The van der Waals surface area contributed by atoms with Gasteiger partial charge in [-0.3, -0.25) is 0 Å². The largest absolute Gasteiger partial charge is 0.330 e. The Hall–Kier alpha value is -0.290. The molecule has 1 aromatic carbocycles. The highest BCUT2D eigenvalue weighted by Crippen LogP contribution is 2.33. The van der Waals surface area contributed by atoms with Crippen LogP contribution >= 0.6 is 50.5 Å². The van der Waals surface area contributed by atoms with Gasteiger partial charge in [0.2, 0.25) is 0 Å². The second-order valence-corrected chi connectivity index (χ2v) is 5.15. The number of nitrogens with one attached hydrogen (secondary N) is 1. The fourth-order valence-electron chi connectivity index (χ4n) is 1.03. The van der Waals surface area contributed by atoms with Crippen LogP contribution in [0.3, 0.4) is 0 Å².